The molecular weight excluding hydrogens is 1120 g/mol. The number of hydroxylamine groups is 2. The molecule has 0 bridgehead atoms. The molecule has 0 unspecified atom stereocenters. The number of nitrogens with one attached hydrogen (secondary N) is 1. The number of fused-ring (bicyclic) bond motifs is 1. The van der Waals surface area contributed by atoms with Crippen molar-refractivity contribution in [3.05, 3.63) is 44.7 Å². The van der Waals surface area contributed by atoms with Crippen LogP contribution in [0.2, 0.25) is 0 Å². The van der Waals surface area contributed by atoms with E-state index in [0.717, 1.165) is 16.2 Å². The smallest absolute Gasteiger partial charge is 0.313 e. The summed E-state index contributed by atoms with van der Waals surface area (Å²) >= 11 is 1.55. The summed E-state index contributed by atoms with van der Waals surface area (Å²) in [6, 6.07) is 1.32. The first-order chi connectivity index (χ1) is 38.5. The van der Waals surface area contributed by atoms with Crippen LogP contribution >= 0.6 is 11.3 Å². The highest BCUT2D eigenvalue weighted by atomic mass is 32.2. The number of rotatable bonds is 44. The fourth-order valence-electron chi connectivity index (χ4n) is 7.21. The summed E-state index contributed by atoms with van der Waals surface area (Å²) in [5.74, 6) is -12.3. The maximum Gasteiger partial charge on any atom is 0.313 e. The molecule has 4 rings (SSSR count). The van der Waals surface area contributed by atoms with Gasteiger partial charge in [-0.25, -0.2) is 23.6 Å². The van der Waals surface area contributed by atoms with Gasteiger partial charge in [-0.1, -0.05) is 6.92 Å². The number of benzene rings is 1. The van der Waals surface area contributed by atoms with Crippen molar-refractivity contribution in [2.45, 2.75) is 43.9 Å². The van der Waals surface area contributed by atoms with E-state index in [2.05, 4.69) is 15.0 Å². The summed E-state index contributed by atoms with van der Waals surface area (Å²) in [4.78, 5) is 60.6. The minimum Gasteiger partial charge on any atom is -0.420 e. The van der Waals surface area contributed by atoms with E-state index >= 15 is 0 Å². The number of thiophene rings is 1. The van der Waals surface area contributed by atoms with Gasteiger partial charge >= 0.3 is 22.1 Å². The molecule has 1 fully saturated rings. The Bertz CT molecular complexity index is 2390. The molecule has 80 heavy (non-hydrogen) atoms. The van der Waals surface area contributed by atoms with Gasteiger partial charge in [0.15, 0.2) is 16.5 Å². The average molecular weight is 1190 g/mol. The van der Waals surface area contributed by atoms with Gasteiger partial charge in [-0.05, 0) is 30.9 Å². The van der Waals surface area contributed by atoms with E-state index in [1.807, 2.05) is 24.0 Å². The first-order valence-corrected chi connectivity index (χ1v) is 28.0. The molecule has 0 spiro atoms. The molecule has 4 amide bonds. The number of aliphatic imine (C=N–C) groups is 1. The molecule has 1 aromatic carbocycles. The Morgan fingerprint density at radius 2 is 1.16 bits per heavy atom. The molecule has 1 saturated heterocycles. The SMILES string of the molecule is CCCN(OCCNC(N)=O)C(=O)C1=Cc2sc(CC3CN(C(=O)CCOCCOCCOCCOCCOCCOCCOCCOCCOCCOCCC(=O)Oc4c(F)c(F)c(S(=O)(=O)O)c(F)c4F)C3)cc2N=C(N)C1. The number of ether oxygens (including phenoxy) is 11. The molecule has 6 N–H and O–H groups in total. The summed E-state index contributed by atoms with van der Waals surface area (Å²) in [5.41, 5.74) is 12.5. The number of esters is 1. The second kappa shape index (κ2) is 37.9. The number of carbonyl (C=O) groups excluding carboxylic acids is 4. The molecule has 2 aliphatic heterocycles. The number of likely N-dealkylation sites (tertiary alicyclic amines) is 1. The van der Waals surface area contributed by atoms with Gasteiger partial charge in [-0.15, -0.1) is 11.3 Å². The monoisotopic (exact) mass is 1190 g/mol. The van der Waals surface area contributed by atoms with E-state index in [9.17, 15) is 45.2 Å². The predicted octanol–water partition coefficient (Wildman–Crippen LogP) is 2.72. The quantitative estimate of drug-likeness (QED) is 0.0141. The molecule has 2 aliphatic rings. The Morgan fingerprint density at radius 1 is 0.713 bits per heavy atom. The lowest BCUT2D eigenvalue weighted by Gasteiger charge is -2.39. The maximum absolute atomic E-state index is 14.0. The molecule has 0 atom stereocenters. The second-order valence-corrected chi connectivity index (χ2v) is 19.8. The first-order valence-electron chi connectivity index (χ1n) is 25.7. The Kier molecular flexibility index (Phi) is 32.0. The number of urea groups is 1. The number of hydrogen-bond acceptors (Lipinski definition) is 21. The van der Waals surface area contributed by atoms with Crippen molar-refractivity contribution < 1.29 is 107 Å². The summed E-state index contributed by atoms with van der Waals surface area (Å²) in [5, 5.41) is 3.71. The van der Waals surface area contributed by atoms with Gasteiger partial charge in [0.05, 0.1) is 162 Å². The van der Waals surface area contributed by atoms with Crippen LogP contribution in [-0.2, 0) is 83.1 Å². The van der Waals surface area contributed by atoms with Crippen LogP contribution in [0.25, 0.3) is 6.08 Å². The highest BCUT2D eigenvalue weighted by Gasteiger charge is 2.35. The number of carbonyl (C=O) groups is 4. The number of nitrogens with zero attached hydrogens (tertiary/aromatic N) is 3. The van der Waals surface area contributed by atoms with Crippen LogP contribution in [-0.4, -0.2) is 218 Å². The third kappa shape index (κ3) is 25.4. The van der Waals surface area contributed by atoms with Crippen molar-refractivity contribution in [1.82, 2.24) is 15.3 Å². The lowest BCUT2D eigenvalue weighted by Crippen LogP contribution is -2.50. The van der Waals surface area contributed by atoms with Crippen LogP contribution in [0.1, 0.15) is 42.4 Å². The second-order valence-electron chi connectivity index (χ2n) is 17.3. The summed E-state index contributed by atoms with van der Waals surface area (Å²) < 4.78 is 145. The minimum absolute atomic E-state index is 0.0154. The molecule has 25 nitrogen and oxygen atoms in total. The van der Waals surface area contributed by atoms with Crippen molar-refractivity contribution in [1.29, 1.82) is 0 Å². The number of halogens is 4. The van der Waals surface area contributed by atoms with Gasteiger partial charge in [0.1, 0.15) is 5.84 Å². The molecule has 31 heteroatoms. The van der Waals surface area contributed by atoms with E-state index in [0.29, 0.717) is 148 Å². The largest absolute Gasteiger partial charge is 0.420 e. The number of amides is 4. The third-order valence-electron chi connectivity index (χ3n) is 11.0. The lowest BCUT2D eigenvalue weighted by molar-refractivity contribution is -0.181. The first kappa shape index (κ1) is 67.5. The van der Waals surface area contributed by atoms with E-state index < -0.39 is 62.5 Å². The third-order valence-corrected chi connectivity index (χ3v) is 13.0. The van der Waals surface area contributed by atoms with Crippen molar-refractivity contribution in [3.63, 3.8) is 0 Å². The number of nitrogens with two attached hydrogens (primary N) is 2. The van der Waals surface area contributed by atoms with Gasteiger partial charge in [0.25, 0.3) is 5.91 Å². The zero-order valence-corrected chi connectivity index (χ0v) is 46.2. The van der Waals surface area contributed by atoms with Crippen LogP contribution in [0.5, 0.6) is 5.75 Å². The molecule has 0 aliphatic carbocycles. The summed E-state index contributed by atoms with van der Waals surface area (Å²) in [6.07, 6.45) is 3.13. The zero-order valence-electron chi connectivity index (χ0n) is 44.6. The highest BCUT2D eigenvalue weighted by Crippen LogP contribution is 2.37. The predicted molar refractivity (Wildman–Crippen MR) is 277 cm³/mol. The lowest BCUT2D eigenvalue weighted by atomic mass is 9.95. The van der Waals surface area contributed by atoms with Crippen molar-refractivity contribution in [2.75, 3.05) is 165 Å². The van der Waals surface area contributed by atoms with Gasteiger partial charge in [-0.3, -0.25) is 23.8 Å². The van der Waals surface area contributed by atoms with Crippen molar-refractivity contribution in [2.24, 2.45) is 22.4 Å². The van der Waals surface area contributed by atoms with E-state index in [1.54, 1.807) is 11.3 Å². The average Bonchev–Trinajstić information content (AvgIpc) is 3.84. The normalized spacial score (nSPS) is 13.6. The van der Waals surface area contributed by atoms with Gasteiger partial charge in [0.2, 0.25) is 23.3 Å². The Balaban J connectivity index is 0.851. The fourth-order valence-corrected chi connectivity index (χ4v) is 9.02. The van der Waals surface area contributed by atoms with E-state index in [4.69, 9.17) is 68.2 Å². The van der Waals surface area contributed by atoms with E-state index in [1.165, 1.54) is 5.06 Å². The van der Waals surface area contributed by atoms with Gasteiger partial charge in [0, 0.05) is 43.1 Å². The van der Waals surface area contributed by atoms with Crippen molar-refractivity contribution >= 4 is 62.9 Å². The van der Waals surface area contributed by atoms with Crippen LogP contribution in [0, 0.1) is 29.2 Å². The number of primary amides is 1. The molecule has 2 aromatic rings. The highest BCUT2D eigenvalue weighted by molar-refractivity contribution is 7.85. The van der Waals surface area contributed by atoms with Crippen LogP contribution in [0.4, 0.5) is 28.0 Å². The summed E-state index contributed by atoms with van der Waals surface area (Å²) in [6.45, 7) is 9.70. The number of hydrogen-bond donors (Lipinski definition) is 4. The van der Waals surface area contributed by atoms with Gasteiger partial charge < -0.3 is 73.8 Å². The minimum atomic E-state index is -5.65. The number of amidine groups is 1. The van der Waals surface area contributed by atoms with Crippen molar-refractivity contribution in [3.8, 4) is 5.75 Å². The van der Waals surface area contributed by atoms with Crippen LogP contribution < -0.4 is 21.5 Å². The molecule has 0 saturated carbocycles. The Morgan fingerprint density at radius 3 is 1.60 bits per heavy atom. The Hall–Kier alpha value is -5.00. The molecular formula is C49H72F4N6O19S2. The molecule has 0 radical (unpaired) electrons. The zero-order chi connectivity index (χ0) is 58.1. The standard InChI is InChI=1S/C49H72F4N6O19S2/c1-2-6-59(77-9-5-56-49(55)63)48(62)35-29-38-37(57-39(54)30-35)31-36(79-38)28-34-32-58(33-34)40(60)3-7-67-10-12-69-14-16-71-18-20-73-22-24-75-26-27-76-25-23-74-21-19-72-17-15-70-13-11-68-8-4-41(61)78-46-42(50)44(52)47(80(64,65)66)45(53)43(46)51/h29,31,34H,2-28,30,32-33H2,1H3,(H2,54,57)(H3,55,56,63)(H,64,65,66). The molecule has 1 aromatic heterocycles. The summed E-state index contributed by atoms with van der Waals surface area (Å²) in [7, 11) is -5.65. The molecule has 3 heterocycles. The van der Waals surface area contributed by atoms with Gasteiger partial charge in [-0.2, -0.15) is 17.2 Å². The molecule has 452 valence electrons. The Labute approximate surface area is 465 Å². The van der Waals surface area contributed by atoms with Crippen LogP contribution in [0.3, 0.4) is 0 Å². The maximum atomic E-state index is 14.0. The van der Waals surface area contributed by atoms with Crippen LogP contribution in [0.15, 0.2) is 21.5 Å². The van der Waals surface area contributed by atoms with E-state index in [-0.39, 0.29) is 70.8 Å². The topological polar surface area (TPSA) is 316 Å². The fraction of sp³-hybridized carbons (Fsp3) is 0.653.